The fraction of sp³-hybridized carbons (Fsp3) is 0.500. The highest BCUT2D eigenvalue weighted by atomic mass is 19.1. The number of carbonyl (C=O) groups excluding carboxylic acids is 1. The van der Waals surface area contributed by atoms with Crippen LogP contribution in [0.4, 0.5) is 4.39 Å². The number of aryl methyl sites for hydroxylation is 1. The van der Waals surface area contributed by atoms with Gasteiger partial charge in [-0.3, -0.25) is 14.2 Å². The first-order chi connectivity index (χ1) is 13.5. The Morgan fingerprint density at radius 2 is 2.00 bits per heavy atom. The van der Waals surface area contributed by atoms with Gasteiger partial charge in [-0.15, -0.1) is 0 Å². The Balaban J connectivity index is 1.43. The lowest BCUT2D eigenvalue weighted by molar-refractivity contribution is -0.137. The van der Waals surface area contributed by atoms with E-state index in [2.05, 4.69) is 17.1 Å². The van der Waals surface area contributed by atoms with E-state index >= 15 is 0 Å². The fourth-order valence-corrected chi connectivity index (χ4v) is 4.39. The van der Waals surface area contributed by atoms with E-state index in [9.17, 15) is 14.0 Å². The van der Waals surface area contributed by atoms with Crippen LogP contribution in [0.3, 0.4) is 0 Å². The molecule has 1 aliphatic heterocycles. The van der Waals surface area contributed by atoms with Gasteiger partial charge in [0.1, 0.15) is 11.6 Å². The highest BCUT2D eigenvalue weighted by molar-refractivity contribution is 5.79. The Labute approximate surface area is 163 Å². The van der Waals surface area contributed by atoms with Gasteiger partial charge in [0, 0.05) is 31.6 Å². The molecule has 0 N–H and O–H groups in total. The molecule has 0 spiro atoms. The lowest BCUT2D eigenvalue weighted by Gasteiger charge is -2.35. The number of piperidine rings is 1. The van der Waals surface area contributed by atoms with E-state index in [1.165, 1.54) is 18.2 Å². The van der Waals surface area contributed by atoms with Crippen LogP contribution in [0.25, 0.3) is 10.9 Å². The van der Waals surface area contributed by atoms with Crippen molar-refractivity contribution in [1.82, 2.24) is 14.5 Å². The summed E-state index contributed by atoms with van der Waals surface area (Å²) in [6.07, 6.45) is 8.86. The molecule has 6 heteroatoms. The molecule has 2 heterocycles. The number of benzene rings is 1. The van der Waals surface area contributed by atoms with Gasteiger partial charge >= 0.3 is 0 Å². The second-order valence-electron chi connectivity index (χ2n) is 7.99. The summed E-state index contributed by atoms with van der Waals surface area (Å²) in [7, 11) is 0. The van der Waals surface area contributed by atoms with Crippen LogP contribution in [0, 0.1) is 24.6 Å². The third-order valence-electron chi connectivity index (χ3n) is 6.09. The van der Waals surface area contributed by atoms with Crippen LogP contribution in [0.2, 0.25) is 0 Å². The van der Waals surface area contributed by atoms with Gasteiger partial charge in [0.15, 0.2) is 0 Å². The molecule has 2 aliphatic rings. The third kappa shape index (κ3) is 3.73. The molecule has 4 rings (SSSR count). The Bertz CT molecular complexity index is 974. The minimum Gasteiger partial charge on any atom is -0.342 e. The van der Waals surface area contributed by atoms with E-state index in [1.807, 2.05) is 4.90 Å². The number of allylic oxidation sites excluding steroid dienone is 2. The number of carbonyl (C=O) groups is 1. The first kappa shape index (κ1) is 18.8. The van der Waals surface area contributed by atoms with Crippen LogP contribution in [0.15, 0.2) is 35.1 Å². The smallest absolute Gasteiger partial charge is 0.261 e. The van der Waals surface area contributed by atoms with Crippen molar-refractivity contribution >= 4 is 16.8 Å². The Morgan fingerprint density at radius 3 is 2.71 bits per heavy atom. The van der Waals surface area contributed by atoms with Crippen molar-refractivity contribution in [3.63, 3.8) is 0 Å². The summed E-state index contributed by atoms with van der Waals surface area (Å²) in [6, 6.07) is 4.12. The molecular weight excluding hydrogens is 357 g/mol. The molecule has 1 aromatic heterocycles. The average Bonchev–Trinajstić information content (AvgIpc) is 2.71. The molecule has 5 nitrogen and oxygen atoms in total. The van der Waals surface area contributed by atoms with Gasteiger partial charge in [-0.2, -0.15) is 0 Å². The summed E-state index contributed by atoms with van der Waals surface area (Å²) in [6.45, 7) is 3.90. The standard InChI is InChI=1S/C22H26FN3O2/c1-15-24-20-13-18(23)7-8-19(20)22(28)26(15)14-16-9-11-25(12-10-16)21(27)17-5-3-2-4-6-17/h2-3,7-8,13,16-17H,4-6,9-12,14H2,1H3. The highest BCUT2D eigenvalue weighted by Crippen LogP contribution is 2.25. The number of halogens is 1. The van der Waals surface area contributed by atoms with Crippen molar-refractivity contribution < 1.29 is 9.18 Å². The monoisotopic (exact) mass is 383 g/mol. The van der Waals surface area contributed by atoms with Crippen LogP contribution in [-0.4, -0.2) is 33.4 Å². The molecule has 1 amide bonds. The molecular formula is C22H26FN3O2. The van der Waals surface area contributed by atoms with Crippen LogP contribution in [0.1, 0.15) is 37.9 Å². The Hall–Kier alpha value is -2.50. The van der Waals surface area contributed by atoms with Crippen molar-refractivity contribution in [1.29, 1.82) is 0 Å². The molecule has 1 aromatic carbocycles. The third-order valence-corrected chi connectivity index (χ3v) is 6.09. The molecule has 0 saturated carbocycles. The minimum atomic E-state index is -0.387. The summed E-state index contributed by atoms with van der Waals surface area (Å²) in [5.74, 6) is 0.978. The molecule has 0 bridgehead atoms. The van der Waals surface area contributed by atoms with Crippen molar-refractivity contribution in [2.45, 2.75) is 45.6 Å². The van der Waals surface area contributed by atoms with E-state index < -0.39 is 0 Å². The molecule has 1 aliphatic carbocycles. The average molecular weight is 383 g/mol. The van der Waals surface area contributed by atoms with E-state index in [-0.39, 0.29) is 23.2 Å². The van der Waals surface area contributed by atoms with Crippen molar-refractivity contribution in [2.24, 2.45) is 11.8 Å². The van der Waals surface area contributed by atoms with Gasteiger partial charge in [0.25, 0.3) is 5.56 Å². The predicted molar refractivity (Wildman–Crippen MR) is 106 cm³/mol. The van der Waals surface area contributed by atoms with Crippen LogP contribution < -0.4 is 5.56 Å². The van der Waals surface area contributed by atoms with Gasteiger partial charge in [-0.1, -0.05) is 12.2 Å². The Kier molecular flexibility index (Phi) is 5.29. The van der Waals surface area contributed by atoms with Crippen molar-refractivity contribution in [2.75, 3.05) is 13.1 Å². The van der Waals surface area contributed by atoms with Crippen molar-refractivity contribution in [3.8, 4) is 0 Å². The van der Waals surface area contributed by atoms with Gasteiger partial charge in [0.05, 0.1) is 10.9 Å². The second-order valence-corrected chi connectivity index (χ2v) is 7.99. The fourth-order valence-electron chi connectivity index (χ4n) is 4.39. The SMILES string of the molecule is Cc1nc2cc(F)ccc2c(=O)n1CC1CCN(C(=O)C2CC=CCC2)CC1. The number of hydrogen-bond acceptors (Lipinski definition) is 3. The van der Waals surface area contributed by atoms with Gasteiger partial charge in [0.2, 0.25) is 5.91 Å². The number of hydrogen-bond donors (Lipinski definition) is 0. The summed E-state index contributed by atoms with van der Waals surface area (Å²) >= 11 is 0. The molecule has 1 atom stereocenters. The number of likely N-dealkylation sites (tertiary alicyclic amines) is 1. The van der Waals surface area contributed by atoms with E-state index in [4.69, 9.17) is 0 Å². The van der Waals surface area contributed by atoms with E-state index in [0.717, 1.165) is 45.2 Å². The summed E-state index contributed by atoms with van der Waals surface area (Å²) in [4.78, 5) is 32.0. The topological polar surface area (TPSA) is 55.2 Å². The van der Waals surface area contributed by atoms with Crippen LogP contribution in [-0.2, 0) is 11.3 Å². The Morgan fingerprint density at radius 1 is 1.21 bits per heavy atom. The van der Waals surface area contributed by atoms with Crippen LogP contribution in [0.5, 0.6) is 0 Å². The number of aromatic nitrogens is 2. The zero-order valence-corrected chi connectivity index (χ0v) is 16.2. The lowest BCUT2D eigenvalue weighted by atomic mass is 9.90. The lowest BCUT2D eigenvalue weighted by Crippen LogP contribution is -2.43. The molecule has 0 radical (unpaired) electrons. The molecule has 2 aromatic rings. The normalized spacial score (nSPS) is 20.6. The number of rotatable bonds is 3. The molecule has 1 fully saturated rings. The quantitative estimate of drug-likeness (QED) is 0.763. The number of fused-ring (bicyclic) bond motifs is 1. The van der Waals surface area contributed by atoms with Crippen LogP contribution >= 0.6 is 0 Å². The molecule has 1 unspecified atom stereocenters. The molecule has 1 saturated heterocycles. The number of amides is 1. The largest absolute Gasteiger partial charge is 0.342 e. The maximum absolute atomic E-state index is 13.4. The molecule has 28 heavy (non-hydrogen) atoms. The van der Waals surface area contributed by atoms with Crippen molar-refractivity contribution in [3.05, 3.63) is 52.3 Å². The van der Waals surface area contributed by atoms with Gasteiger partial charge < -0.3 is 4.90 Å². The number of nitrogens with zero attached hydrogens (tertiary/aromatic N) is 3. The summed E-state index contributed by atoms with van der Waals surface area (Å²) in [5.41, 5.74) is 0.288. The minimum absolute atomic E-state index is 0.116. The van der Waals surface area contributed by atoms with Gasteiger partial charge in [-0.25, -0.2) is 9.37 Å². The summed E-state index contributed by atoms with van der Waals surface area (Å²) < 4.78 is 15.1. The maximum Gasteiger partial charge on any atom is 0.261 e. The maximum atomic E-state index is 13.4. The van der Waals surface area contributed by atoms with E-state index in [0.29, 0.717) is 29.2 Å². The zero-order chi connectivity index (χ0) is 19.7. The highest BCUT2D eigenvalue weighted by Gasteiger charge is 2.28. The summed E-state index contributed by atoms with van der Waals surface area (Å²) in [5, 5.41) is 0.449. The predicted octanol–water partition coefficient (Wildman–Crippen LogP) is 3.44. The second kappa shape index (κ2) is 7.86. The van der Waals surface area contributed by atoms with Gasteiger partial charge in [-0.05, 0) is 57.1 Å². The first-order valence-corrected chi connectivity index (χ1v) is 10.1. The zero-order valence-electron chi connectivity index (χ0n) is 16.2. The van der Waals surface area contributed by atoms with E-state index in [1.54, 1.807) is 11.5 Å². The molecule has 148 valence electrons. The first-order valence-electron chi connectivity index (χ1n) is 10.1.